The maximum absolute atomic E-state index is 15.2. The third-order valence-electron chi connectivity index (χ3n) is 11.1. The molecule has 0 radical (unpaired) electrons. The molecule has 4 fully saturated rings. The SMILES string of the molecule is CC(=O)O[C@H]1C[C@@H]2CC[C@@H]3[C@H](CC[C@]4(C)[C@@H]([C@H](C)CCCC(C)C)CC[C@@H]34)[C@@]2(C)C[C@H]1F. The Balaban J connectivity index is 1.46. The number of hydrogen-bond acceptors (Lipinski definition) is 2. The van der Waals surface area contributed by atoms with Gasteiger partial charge in [-0.1, -0.05) is 53.9 Å². The summed E-state index contributed by atoms with van der Waals surface area (Å²) in [6, 6.07) is 0. The van der Waals surface area contributed by atoms with Crippen molar-refractivity contribution in [3.05, 3.63) is 0 Å². The normalized spacial score (nSPS) is 46.8. The van der Waals surface area contributed by atoms with Crippen molar-refractivity contribution < 1.29 is 13.9 Å². The number of fused-ring (bicyclic) bond motifs is 5. The zero-order valence-corrected chi connectivity index (χ0v) is 21.7. The Bertz CT molecular complexity index is 676. The Labute approximate surface area is 196 Å². The molecule has 4 saturated carbocycles. The van der Waals surface area contributed by atoms with Gasteiger partial charge in [0.25, 0.3) is 0 Å². The summed E-state index contributed by atoms with van der Waals surface area (Å²) in [6.45, 7) is 13.7. The van der Waals surface area contributed by atoms with Crippen molar-refractivity contribution in [3.63, 3.8) is 0 Å². The topological polar surface area (TPSA) is 26.3 Å². The fraction of sp³-hybridized carbons (Fsp3) is 0.966. The minimum Gasteiger partial charge on any atom is -0.459 e. The number of rotatable bonds is 6. The van der Waals surface area contributed by atoms with Crippen molar-refractivity contribution in [2.75, 3.05) is 0 Å². The van der Waals surface area contributed by atoms with Gasteiger partial charge < -0.3 is 4.74 Å². The molecule has 0 spiro atoms. The van der Waals surface area contributed by atoms with Gasteiger partial charge in [-0.25, -0.2) is 4.39 Å². The van der Waals surface area contributed by atoms with Crippen LogP contribution in [-0.2, 0) is 9.53 Å². The van der Waals surface area contributed by atoms with Crippen molar-refractivity contribution in [2.24, 2.45) is 52.3 Å². The highest BCUT2D eigenvalue weighted by Crippen LogP contribution is 2.68. The minimum atomic E-state index is -0.996. The van der Waals surface area contributed by atoms with Crippen LogP contribution in [0.5, 0.6) is 0 Å². The number of alkyl halides is 1. The number of ether oxygens (including phenoxy) is 1. The van der Waals surface area contributed by atoms with Gasteiger partial charge >= 0.3 is 5.97 Å². The molecular formula is C29H49FO2. The van der Waals surface area contributed by atoms with Crippen LogP contribution in [0.4, 0.5) is 4.39 Å². The lowest BCUT2D eigenvalue weighted by molar-refractivity contribution is -0.173. The van der Waals surface area contributed by atoms with Crippen LogP contribution in [0.2, 0.25) is 0 Å². The molecule has 0 aliphatic heterocycles. The van der Waals surface area contributed by atoms with E-state index in [1.807, 2.05) is 0 Å². The van der Waals surface area contributed by atoms with E-state index >= 15 is 4.39 Å². The second-order valence-corrected chi connectivity index (χ2v) is 13.3. The fourth-order valence-electron chi connectivity index (χ4n) is 9.58. The molecule has 4 aliphatic rings. The Hall–Kier alpha value is -0.600. The van der Waals surface area contributed by atoms with Crippen molar-refractivity contribution in [3.8, 4) is 0 Å². The lowest BCUT2D eigenvalue weighted by Gasteiger charge is -2.61. The number of halogens is 1. The number of esters is 1. The first-order chi connectivity index (χ1) is 15.1. The van der Waals surface area contributed by atoms with Crippen LogP contribution in [-0.4, -0.2) is 18.2 Å². The largest absolute Gasteiger partial charge is 0.459 e. The van der Waals surface area contributed by atoms with Crippen LogP contribution in [0.3, 0.4) is 0 Å². The van der Waals surface area contributed by atoms with Crippen LogP contribution >= 0.6 is 0 Å². The van der Waals surface area contributed by atoms with Gasteiger partial charge in [-0.2, -0.15) is 0 Å². The molecule has 184 valence electrons. The maximum atomic E-state index is 15.2. The molecule has 0 aromatic rings. The van der Waals surface area contributed by atoms with Crippen LogP contribution < -0.4 is 0 Å². The average molecular weight is 449 g/mol. The Kier molecular flexibility index (Phi) is 7.06. The third kappa shape index (κ3) is 4.28. The summed E-state index contributed by atoms with van der Waals surface area (Å²) in [5, 5.41) is 0. The molecular weight excluding hydrogens is 399 g/mol. The molecule has 0 saturated heterocycles. The lowest BCUT2D eigenvalue weighted by atomic mass is 9.44. The molecule has 32 heavy (non-hydrogen) atoms. The highest BCUT2D eigenvalue weighted by molar-refractivity contribution is 5.66. The summed E-state index contributed by atoms with van der Waals surface area (Å²) in [5.74, 6) is 4.98. The van der Waals surface area contributed by atoms with E-state index in [2.05, 4.69) is 34.6 Å². The van der Waals surface area contributed by atoms with Crippen molar-refractivity contribution in [1.29, 1.82) is 0 Å². The first-order valence-corrected chi connectivity index (χ1v) is 13.9. The molecule has 0 heterocycles. The predicted molar refractivity (Wildman–Crippen MR) is 129 cm³/mol. The van der Waals surface area contributed by atoms with Crippen LogP contribution in [0.1, 0.15) is 112 Å². The van der Waals surface area contributed by atoms with E-state index in [0.717, 1.165) is 36.0 Å². The van der Waals surface area contributed by atoms with Crippen LogP contribution in [0, 0.1) is 52.3 Å². The lowest BCUT2D eigenvalue weighted by Crippen LogP contribution is -2.56. The predicted octanol–water partition coefficient (Wildman–Crippen LogP) is 7.99. The van der Waals surface area contributed by atoms with E-state index in [4.69, 9.17) is 4.74 Å². The maximum Gasteiger partial charge on any atom is 0.303 e. The van der Waals surface area contributed by atoms with Gasteiger partial charge in [0.05, 0.1) is 0 Å². The van der Waals surface area contributed by atoms with Crippen molar-refractivity contribution >= 4 is 5.97 Å². The molecule has 0 N–H and O–H groups in total. The molecule has 0 unspecified atom stereocenters. The molecule has 0 amide bonds. The molecule has 2 nitrogen and oxygen atoms in total. The van der Waals surface area contributed by atoms with Gasteiger partial charge in [0.1, 0.15) is 12.3 Å². The molecule has 3 heteroatoms. The third-order valence-corrected chi connectivity index (χ3v) is 11.1. The van der Waals surface area contributed by atoms with Gasteiger partial charge in [-0.15, -0.1) is 0 Å². The molecule has 0 aromatic heterocycles. The van der Waals surface area contributed by atoms with E-state index < -0.39 is 12.3 Å². The molecule has 0 aromatic carbocycles. The Morgan fingerprint density at radius 3 is 2.41 bits per heavy atom. The summed E-state index contributed by atoms with van der Waals surface area (Å²) in [6.07, 6.45) is 11.9. The van der Waals surface area contributed by atoms with Crippen molar-refractivity contribution in [1.82, 2.24) is 0 Å². The van der Waals surface area contributed by atoms with E-state index in [1.54, 1.807) is 0 Å². The standard InChI is InChI=1S/C29H49FO2/c1-18(2)8-7-9-19(3)23-12-13-24-22-11-10-21-16-27(32-20(4)31)26(30)17-29(21,6)25(22)14-15-28(23,24)5/h18-19,21-27H,7-17H2,1-6H3/t19-,21+,22+,23-,24+,25+,26-,27+,28-,29+/m1/s1. The van der Waals surface area contributed by atoms with Crippen LogP contribution in [0.25, 0.3) is 0 Å². The molecule has 4 aliphatic carbocycles. The number of carbonyl (C=O) groups is 1. The zero-order valence-electron chi connectivity index (χ0n) is 21.7. The smallest absolute Gasteiger partial charge is 0.303 e. The number of hydrogen-bond donors (Lipinski definition) is 0. The second-order valence-electron chi connectivity index (χ2n) is 13.3. The van der Waals surface area contributed by atoms with E-state index in [1.165, 1.54) is 64.7 Å². The minimum absolute atomic E-state index is 0.0846. The molecule has 0 bridgehead atoms. The first kappa shape index (κ1) is 24.5. The summed E-state index contributed by atoms with van der Waals surface area (Å²) in [7, 11) is 0. The van der Waals surface area contributed by atoms with Gasteiger partial charge in [-0.05, 0) is 104 Å². The van der Waals surface area contributed by atoms with Crippen LogP contribution in [0.15, 0.2) is 0 Å². The summed E-state index contributed by atoms with van der Waals surface area (Å²) < 4.78 is 20.6. The Morgan fingerprint density at radius 2 is 1.72 bits per heavy atom. The van der Waals surface area contributed by atoms with Gasteiger partial charge in [0.2, 0.25) is 0 Å². The molecule has 4 rings (SSSR count). The summed E-state index contributed by atoms with van der Waals surface area (Å²) in [4.78, 5) is 11.5. The quantitative estimate of drug-likeness (QED) is 0.385. The second kappa shape index (κ2) is 9.21. The Morgan fingerprint density at radius 1 is 1.00 bits per heavy atom. The van der Waals surface area contributed by atoms with E-state index in [0.29, 0.717) is 23.7 Å². The monoisotopic (exact) mass is 448 g/mol. The summed E-state index contributed by atoms with van der Waals surface area (Å²) in [5.41, 5.74) is 0.576. The fourth-order valence-corrected chi connectivity index (χ4v) is 9.58. The van der Waals surface area contributed by atoms with E-state index in [9.17, 15) is 4.79 Å². The average Bonchev–Trinajstić information content (AvgIpc) is 3.05. The van der Waals surface area contributed by atoms with Gasteiger partial charge in [0, 0.05) is 6.92 Å². The summed E-state index contributed by atoms with van der Waals surface area (Å²) >= 11 is 0. The number of carbonyl (C=O) groups excluding carboxylic acids is 1. The van der Waals surface area contributed by atoms with Crippen molar-refractivity contribution in [2.45, 2.75) is 124 Å². The van der Waals surface area contributed by atoms with Gasteiger partial charge in [-0.3, -0.25) is 4.79 Å². The highest BCUT2D eigenvalue weighted by Gasteiger charge is 2.61. The molecule has 10 atom stereocenters. The van der Waals surface area contributed by atoms with E-state index in [-0.39, 0.29) is 11.4 Å². The zero-order chi connectivity index (χ0) is 23.3. The highest BCUT2D eigenvalue weighted by atomic mass is 19.1. The first-order valence-electron chi connectivity index (χ1n) is 13.9. The van der Waals surface area contributed by atoms with Gasteiger partial charge in [0.15, 0.2) is 0 Å².